The maximum atomic E-state index is 2.51. The zero-order valence-corrected chi connectivity index (χ0v) is 15.0. The summed E-state index contributed by atoms with van der Waals surface area (Å²) in [5.74, 6) is 0.834. The first-order valence-corrected chi connectivity index (χ1v) is 9.92. The average Bonchev–Trinajstić information content (AvgIpc) is 2.91. The number of unbranched alkanes of at least 4 members (excludes halogenated alkanes) is 3. The molecule has 0 saturated heterocycles. The van der Waals surface area contributed by atoms with Gasteiger partial charge >= 0.3 is 0 Å². The Kier molecular flexibility index (Phi) is 6.83. The Morgan fingerprint density at radius 3 is 2.24 bits per heavy atom. The molecular weight excluding hydrogens is 252 g/mol. The summed E-state index contributed by atoms with van der Waals surface area (Å²) < 4.78 is 0. The molecule has 0 N–H and O–H groups in total. The van der Waals surface area contributed by atoms with Crippen molar-refractivity contribution in [2.75, 3.05) is 0 Å². The number of hydrogen-bond donors (Lipinski definition) is 0. The highest BCUT2D eigenvalue weighted by Crippen LogP contribution is 2.52. The largest absolute Gasteiger partial charge is 0.0704 e. The molecule has 0 heteroatoms. The van der Waals surface area contributed by atoms with E-state index in [-0.39, 0.29) is 0 Å². The van der Waals surface area contributed by atoms with Gasteiger partial charge in [-0.05, 0) is 62.7 Å². The Bertz CT molecular complexity index is 328. The van der Waals surface area contributed by atoms with E-state index in [9.17, 15) is 0 Å². The first-order chi connectivity index (χ1) is 10.2. The van der Waals surface area contributed by atoms with E-state index < -0.39 is 0 Å². The van der Waals surface area contributed by atoms with E-state index in [4.69, 9.17) is 0 Å². The number of allylic oxidation sites excluding steroid dienone is 2. The predicted octanol–water partition coefficient (Wildman–Crippen LogP) is 7.43. The number of rotatable bonds is 6. The molecule has 2 aliphatic carbocycles. The molecule has 0 radical (unpaired) electrons. The fraction of sp³-hybridized carbons (Fsp3) is 0.905. The zero-order valence-electron chi connectivity index (χ0n) is 15.0. The number of hydrogen-bond acceptors (Lipinski definition) is 0. The SMILES string of the molecule is CCCCCCC1(C(C)C)CCCCCC1=C1CCCC1. The van der Waals surface area contributed by atoms with Gasteiger partial charge < -0.3 is 0 Å². The van der Waals surface area contributed by atoms with Crippen molar-refractivity contribution < 1.29 is 0 Å². The second-order valence-corrected chi connectivity index (χ2v) is 7.97. The Hall–Kier alpha value is -0.260. The maximum absolute atomic E-state index is 2.51. The van der Waals surface area contributed by atoms with Crippen molar-refractivity contribution in [3.8, 4) is 0 Å². The Labute approximate surface area is 133 Å². The van der Waals surface area contributed by atoms with Crippen LogP contribution in [0, 0.1) is 11.3 Å². The minimum absolute atomic E-state index is 0.573. The van der Waals surface area contributed by atoms with Gasteiger partial charge in [-0.25, -0.2) is 0 Å². The molecule has 0 spiro atoms. The van der Waals surface area contributed by atoms with Gasteiger partial charge in [0.25, 0.3) is 0 Å². The normalized spacial score (nSPS) is 27.4. The molecule has 1 unspecified atom stereocenters. The first kappa shape index (κ1) is 17.1. The van der Waals surface area contributed by atoms with Crippen LogP contribution in [0.15, 0.2) is 11.1 Å². The summed E-state index contributed by atoms with van der Waals surface area (Å²) >= 11 is 0. The molecule has 0 aromatic carbocycles. The topological polar surface area (TPSA) is 0 Å². The van der Waals surface area contributed by atoms with Crippen LogP contribution in [0.25, 0.3) is 0 Å². The summed E-state index contributed by atoms with van der Waals surface area (Å²) in [6.07, 6.45) is 20.3. The van der Waals surface area contributed by atoms with E-state index in [0.717, 1.165) is 5.92 Å². The van der Waals surface area contributed by atoms with E-state index >= 15 is 0 Å². The van der Waals surface area contributed by atoms with E-state index in [2.05, 4.69) is 20.8 Å². The minimum Gasteiger partial charge on any atom is -0.0704 e. The van der Waals surface area contributed by atoms with E-state index in [0.29, 0.717) is 5.41 Å². The third-order valence-electron chi connectivity index (χ3n) is 6.37. The van der Waals surface area contributed by atoms with Crippen molar-refractivity contribution in [3.05, 3.63) is 11.1 Å². The van der Waals surface area contributed by atoms with Crippen LogP contribution in [0.3, 0.4) is 0 Å². The lowest BCUT2D eigenvalue weighted by Gasteiger charge is -2.41. The fourth-order valence-corrected chi connectivity index (χ4v) is 5.02. The summed E-state index contributed by atoms with van der Waals surface area (Å²) in [7, 11) is 0. The Morgan fingerprint density at radius 2 is 1.57 bits per heavy atom. The van der Waals surface area contributed by atoms with Crippen molar-refractivity contribution in [1.29, 1.82) is 0 Å². The smallest absolute Gasteiger partial charge is 0.00624 e. The average molecular weight is 291 g/mol. The van der Waals surface area contributed by atoms with Crippen LogP contribution in [0.1, 0.15) is 111 Å². The van der Waals surface area contributed by atoms with Gasteiger partial charge in [0.1, 0.15) is 0 Å². The van der Waals surface area contributed by atoms with Gasteiger partial charge in [0.2, 0.25) is 0 Å². The van der Waals surface area contributed by atoms with Gasteiger partial charge in [0, 0.05) is 0 Å². The molecule has 0 bridgehead atoms. The van der Waals surface area contributed by atoms with Gasteiger partial charge in [-0.3, -0.25) is 0 Å². The molecule has 0 aliphatic heterocycles. The highest BCUT2D eigenvalue weighted by molar-refractivity contribution is 5.26. The predicted molar refractivity (Wildman–Crippen MR) is 94.6 cm³/mol. The van der Waals surface area contributed by atoms with Gasteiger partial charge in [-0.15, -0.1) is 0 Å². The summed E-state index contributed by atoms with van der Waals surface area (Å²) in [6, 6.07) is 0. The standard InChI is InChI=1S/C21H38/c1-4-5-6-11-16-21(18(2)3)17-12-7-8-15-20(21)19-13-9-10-14-19/h18H,4-17H2,1-3H3. The second kappa shape index (κ2) is 8.39. The summed E-state index contributed by atoms with van der Waals surface area (Å²) in [4.78, 5) is 0. The minimum atomic E-state index is 0.573. The monoisotopic (exact) mass is 290 g/mol. The third-order valence-corrected chi connectivity index (χ3v) is 6.37. The maximum Gasteiger partial charge on any atom is -0.00624 e. The highest BCUT2D eigenvalue weighted by Gasteiger charge is 2.39. The van der Waals surface area contributed by atoms with Crippen molar-refractivity contribution in [2.45, 2.75) is 111 Å². The molecule has 2 rings (SSSR count). The van der Waals surface area contributed by atoms with Crippen molar-refractivity contribution in [1.82, 2.24) is 0 Å². The molecule has 2 saturated carbocycles. The van der Waals surface area contributed by atoms with Crippen molar-refractivity contribution in [3.63, 3.8) is 0 Å². The van der Waals surface area contributed by atoms with Gasteiger partial charge in [-0.1, -0.05) is 70.4 Å². The lowest BCUT2D eigenvalue weighted by atomic mass is 9.64. The molecule has 0 heterocycles. The third kappa shape index (κ3) is 4.14. The van der Waals surface area contributed by atoms with Crippen molar-refractivity contribution in [2.24, 2.45) is 11.3 Å². The molecule has 2 aliphatic rings. The lowest BCUT2D eigenvalue weighted by Crippen LogP contribution is -2.30. The molecule has 0 aromatic rings. The molecule has 122 valence electrons. The van der Waals surface area contributed by atoms with Crippen LogP contribution >= 0.6 is 0 Å². The molecule has 2 fully saturated rings. The van der Waals surface area contributed by atoms with Crippen LogP contribution in [0.5, 0.6) is 0 Å². The molecule has 0 amide bonds. The van der Waals surface area contributed by atoms with Crippen molar-refractivity contribution >= 4 is 0 Å². The van der Waals surface area contributed by atoms with Gasteiger partial charge in [-0.2, -0.15) is 0 Å². The van der Waals surface area contributed by atoms with Crippen LogP contribution in [-0.4, -0.2) is 0 Å². The second-order valence-electron chi connectivity index (χ2n) is 7.97. The summed E-state index contributed by atoms with van der Waals surface area (Å²) in [6.45, 7) is 7.36. The van der Waals surface area contributed by atoms with Crippen LogP contribution < -0.4 is 0 Å². The van der Waals surface area contributed by atoms with Crippen LogP contribution in [-0.2, 0) is 0 Å². The molecule has 21 heavy (non-hydrogen) atoms. The highest BCUT2D eigenvalue weighted by atomic mass is 14.4. The van der Waals surface area contributed by atoms with Crippen LogP contribution in [0.4, 0.5) is 0 Å². The van der Waals surface area contributed by atoms with Gasteiger partial charge in [0.15, 0.2) is 0 Å². The summed E-state index contributed by atoms with van der Waals surface area (Å²) in [5, 5.41) is 0. The molecule has 0 nitrogen and oxygen atoms in total. The van der Waals surface area contributed by atoms with Gasteiger partial charge in [0.05, 0.1) is 0 Å². The van der Waals surface area contributed by atoms with E-state index in [1.807, 2.05) is 11.1 Å². The Morgan fingerprint density at radius 1 is 0.857 bits per heavy atom. The Balaban J connectivity index is 2.21. The van der Waals surface area contributed by atoms with E-state index in [1.54, 1.807) is 0 Å². The first-order valence-electron chi connectivity index (χ1n) is 9.92. The van der Waals surface area contributed by atoms with E-state index in [1.165, 1.54) is 89.9 Å². The van der Waals surface area contributed by atoms with Crippen LogP contribution in [0.2, 0.25) is 0 Å². The fourth-order valence-electron chi connectivity index (χ4n) is 5.02. The lowest BCUT2D eigenvalue weighted by molar-refractivity contribution is 0.194. The zero-order chi connectivity index (χ0) is 15.1. The summed E-state index contributed by atoms with van der Waals surface area (Å²) in [5.41, 5.74) is 4.44. The molecule has 0 aromatic heterocycles. The molecular formula is C21H38. The quantitative estimate of drug-likeness (QED) is 0.271. The molecule has 1 atom stereocenters.